The van der Waals surface area contributed by atoms with Gasteiger partial charge < -0.3 is 0 Å². The monoisotopic (exact) mass is 476 g/mol. The molecule has 0 aromatic rings. The van der Waals surface area contributed by atoms with Gasteiger partial charge in [-0.05, 0) is 0 Å². The van der Waals surface area contributed by atoms with Gasteiger partial charge in [0.2, 0.25) is 0 Å². The molecule has 0 aliphatic carbocycles. The molecule has 2 heteroatoms. The normalized spacial score (nSPS) is 11.4. The average molecular weight is 477 g/mol. The maximum atomic E-state index is 2.32. The molecule has 0 aromatic carbocycles. The molecular weight excluding hydrogens is 422 g/mol. The zero-order chi connectivity index (χ0) is 18.4. The third-order valence-corrected chi connectivity index (χ3v) is 10.3. The van der Waals surface area contributed by atoms with Gasteiger partial charge in [-0.3, -0.25) is 0 Å². The summed E-state index contributed by atoms with van der Waals surface area (Å²) in [6.07, 6.45) is 26.7. The van der Waals surface area contributed by atoms with Gasteiger partial charge in [-0.2, -0.15) is 9.90 Å². The van der Waals surface area contributed by atoms with Gasteiger partial charge in [-0.25, -0.2) is 0 Å². The molecular formula is C24H54PRh. The molecule has 26 heavy (non-hydrogen) atoms. The first-order valence-corrected chi connectivity index (χ1v) is 15.3. The van der Waals surface area contributed by atoms with Gasteiger partial charge in [-0.1, -0.05) is 0 Å². The fraction of sp³-hybridized carbons (Fsp3) is 1.00. The van der Waals surface area contributed by atoms with Crippen LogP contribution in [0, 0.1) is 0 Å². The first-order chi connectivity index (χ1) is 12.3. The van der Waals surface area contributed by atoms with Crippen LogP contribution in [0.5, 0.6) is 0 Å². The van der Waals surface area contributed by atoms with Crippen LogP contribution in [0.3, 0.4) is 0 Å². The summed E-state index contributed by atoms with van der Waals surface area (Å²) in [7, 11) is 0. The zero-order valence-electron chi connectivity index (χ0n) is 18.9. The van der Waals surface area contributed by atoms with E-state index >= 15 is 0 Å². The Morgan fingerprint density at radius 2 is 0.577 bits per heavy atom. The molecule has 0 nitrogen and oxygen atoms in total. The molecule has 0 rings (SSSR count). The van der Waals surface area contributed by atoms with Crippen molar-refractivity contribution in [2.24, 2.45) is 0 Å². The van der Waals surface area contributed by atoms with Crippen molar-refractivity contribution in [3.63, 3.8) is 0 Å². The molecule has 0 saturated heterocycles. The van der Waals surface area contributed by atoms with Gasteiger partial charge in [0.1, 0.15) is 0 Å². The molecule has 0 amide bonds. The van der Waals surface area contributed by atoms with Crippen LogP contribution >= 0.6 is 9.90 Å². The topological polar surface area (TPSA) is 0 Å². The van der Waals surface area contributed by atoms with Gasteiger partial charge in [0.25, 0.3) is 0 Å². The maximum absolute atomic E-state index is 2.32. The summed E-state index contributed by atoms with van der Waals surface area (Å²) in [5, 5.41) is 4.96. The van der Waals surface area contributed by atoms with Crippen molar-refractivity contribution in [3.8, 4) is 0 Å². The van der Waals surface area contributed by atoms with E-state index in [1.54, 1.807) is 34.3 Å². The van der Waals surface area contributed by atoms with Gasteiger partial charge in [0.05, 0.1) is 0 Å². The van der Waals surface area contributed by atoms with E-state index in [0.717, 1.165) is 0 Å². The Hall–Kier alpha value is 1.05. The zero-order valence-corrected chi connectivity index (χ0v) is 21.9. The van der Waals surface area contributed by atoms with E-state index in [2.05, 4.69) is 20.8 Å². The van der Waals surface area contributed by atoms with Crippen molar-refractivity contribution in [2.75, 3.05) is 0 Å². The molecule has 0 N–H and O–H groups in total. The molecule has 0 fully saturated rings. The molecule has 1 unspecified atom stereocenters. The molecule has 0 spiro atoms. The van der Waals surface area contributed by atoms with E-state index in [0.29, 0.717) is 0 Å². The summed E-state index contributed by atoms with van der Waals surface area (Å²) >= 11 is -0.317. The number of hydrogen-bond acceptors (Lipinski definition) is 0. The van der Waals surface area contributed by atoms with Crippen LogP contribution in [0.15, 0.2) is 0 Å². The van der Waals surface area contributed by atoms with E-state index in [1.165, 1.54) is 96.3 Å². The van der Waals surface area contributed by atoms with E-state index in [1.807, 2.05) is 0 Å². The second-order valence-electron chi connectivity index (χ2n) is 7.80. The Morgan fingerprint density at radius 3 is 0.846 bits per heavy atom. The van der Waals surface area contributed by atoms with E-state index < -0.39 is 0 Å². The first kappa shape index (κ1) is 29.3. The third-order valence-electron chi connectivity index (χ3n) is 5.12. The summed E-state index contributed by atoms with van der Waals surface area (Å²) in [6, 6.07) is 0. The van der Waals surface area contributed by atoms with E-state index in [4.69, 9.17) is 0 Å². The van der Waals surface area contributed by atoms with Crippen molar-refractivity contribution >= 4 is 9.90 Å². The fourth-order valence-corrected chi connectivity index (χ4v) is 8.26. The predicted octanol–water partition coefficient (Wildman–Crippen LogP) is 10.00. The van der Waals surface area contributed by atoms with Crippen LogP contribution in [0.25, 0.3) is 0 Å². The van der Waals surface area contributed by atoms with Gasteiger partial charge in [0, 0.05) is 0 Å². The molecule has 0 radical (unpaired) electrons. The maximum Gasteiger partial charge on any atom is -0.153 e. The second kappa shape index (κ2) is 26.1. The molecule has 0 bridgehead atoms. The molecule has 0 aliphatic rings. The third kappa shape index (κ3) is 23.1. The number of hydrogen-bond donors (Lipinski definition) is 0. The van der Waals surface area contributed by atoms with E-state index in [9.17, 15) is 0 Å². The number of unbranched alkanes of at least 4 members (excludes halogenated alkanes) is 15. The minimum absolute atomic E-state index is 0. The number of rotatable bonds is 21. The summed E-state index contributed by atoms with van der Waals surface area (Å²) in [4.78, 5) is 0. The van der Waals surface area contributed by atoms with Crippen LogP contribution in [0.4, 0.5) is 0 Å². The summed E-state index contributed by atoms with van der Waals surface area (Å²) in [6.45, 7) is 6.97. The summed E-state index contributed by atoms with van der Waals surface area (Å²) < 4.78 is 0. The van der Waals surface area contributed by atoms with Gasteiger partial charge >= 0.3 is 167 Å². The molecule has 1 atom stereocenters. The molecule has 164 valence electrons. The minimum Gasteiger partial charge on any atom is -0.153 e. The Balaban J connectivity index is 0. The molecule has 0 saturated carbocycles. The Kier molecular flexibility index (Phi) is 29.3. The first-order valence-electron chi connectivity index (χ1n) is 11.8. The second-order valence-corrected chi connectivity index (χ2v) is 12.7. The van der Waals surface area contributed by atoms with Crippen molar-refractivity contribution in [2.45, 2.75) is 151 Å². The Morgan fingerprint density at radius 1 is 0.346 bits per heavy atom. The summed E-state index contributed by atoms with van der Waals surface area (Å²) in [5.41, 5.74) is 0. The SMILES string of the molecule is CCCCCCC[CH2][Rh]([CH2]CCCCCCC)[CH2]CCCCCCC.P. The average Bonchev–Trinajstić information content (AvgIpc) is 2.63. The smallest absolute Gasteiger partial charge is 0.153 e. The molecule has 0 aromatic heterocycles. The predicted molar refractivity (Wildman–Crippen MR) is 126 cm³/mol. The van der Waals surface area contributed by atoms with Crippen LogP contribution in [-0.4, -0.2) is 0 Å². The van der Waals surface area contributed by atoms with Crippen molar-refractivity contribution in [1.82, 2.24) is 0 Å². The van der Waals surface area contributed by atoms with Gasteiger partial charge in [-0.15, -0.1) is 0 Å². The Bertz CT molecular complexity index is 194. The van der Waals surface area contributed by atoms with Crippen LogP contribution < -0.4 is 0 Å². The van der Waals surface area contributed by atoms with Crippen molar-refractivity contribution in [1.29, 1.82) is 0 Å². The van der Waals surface area contributed by atoms with Crippen LogP contribution in [0.1, 0.15) is 136 Å². The Labute approximate surface area is 177 Å². The fourth-order valence-electron chi connectivity index (χ4n) is 3.34. The van der Waals surface area contributed by atoms with Crippen molar-refractivity contribution in [3.05, 3.63) is 0 Å². The van der Waals surface area contributed by atoms with E-state index in [-0.39, 0.29) is 25.8 Å². The largest absolute Gasteiger partial charge is 0.153 e. The molecule has 0 aliphatic heterocycles. The van der Waals surface area contributed by atoms with Crippen molar-refractivity contribution < 1.29 is 16.0 Å². The minimum atomic E-state index is -0.317. The quantitative estimate of drug-likeness (QED) is 0.0878. The van der Waals surface area contributed by atoms with Gasteiger partial charge in [0.15, 0.2) is 0 Å². The van der Waals surface area contributed by atoms with Crippen LogP contribution in [0.2, 0.25) is 15.0 Å². The van der Waals surface area contributed by atoms with Crippen LogP contribution in [-0.2, 0) is 16.0 Å². The standard InChI is InChI=1S/3C8H17.H3P.Rh/c3*1-3-5-7-8-6-4-2;;/h3*1,3-8H2,2H3;1H3;. The summed E-state index contributed by atoms with van der Waals surface area (Å²) in [5.74, 6) is 0. The molecule has 0 heterocycles.